The number of hydrogen-bond donors (Lipinski definition) is 3. The van der Waals surface area contributed by atoms with E-state index in [-0.39, 0.29) is 19.0 Å². The number of imidazole rings is 1. The summed E-state index contributed by atoms with van der Waals surface area (Å²) in [7, 11) is 0. The fraction of sp³-hybridized carbons (Fsp3) is 0.429. The summed E-state index contributed by atoms with van der Waals surface area (Å²) < 4.78 is 12.1. The zero-order chi connectivity index (χ0) is 17.1. The lowest BCUT2D eigenvalue weighted by Gasteiger charge is -2.13. The van der Waals surface area contributed by atoms with E-state index in [9.17, 15) is 15.0 Å². The van der Waals surface area contributed by atoms with Crippen molar-refractivity contribution in [1.82, 2.24) is 19.5 Å². The highest BCUT2D eigenvalue weighted by molar-refractivity contribution is 5.93. The number of hydrogen-bond acceptors (Lipinski definition) is 8. The fourth-order valence-corrected chi connectivity index (χ4v) is 2.47. The molecule has 1 fully saturated rings. The molecule has 3 rings (SSSR count). The highest BCUT2D eigenvalue weighted by Crippen LogP contribution is 2.31. The second-order valence-electron chi connectivity index (χ2n) is 5.17. The molecule has 24 heavy (non-hydrogen) atoms. The molecule has 3 heterocycles. The second-order valence-corrected chi connectivity index (χ2v) is 5.17. The summed E-state index contributed by atoms with van der Waals surface area (Å²) in [6.07, 6.45) is 1.88. The molecule has 1 amide bonds. The number of fused-ring (bicyclic) bond motifs is 1. The van der Waals surface area contributed by atoms with Gasteiger partial charge in [-0.3, -0.25) is 9.88 Å². The molecule has 0 spiro atoms. The number of aliphatic hydroxyl groups is 2. The Labute approximate surface area is 136 Å². The topological polar surface area (TPSA) is 132 Å². The number of rotatable bonds is 5. The molecule has 10 heteroatoms. The lowest BCUT2D eigenvalue weighted by atomic mass is 10.2. The smallest absolute Gasteiger partial charge is 0.413 e. The third kappa shape index (κ3) is 3.07. The van der Waals surface area contributed by atoms with Crippen LogP contribution in [-0.2, 0) is 9.47 Å². The van der Waals surface area contributed by atoms with Crippen LogP contribution in [0, 0.1) is 0 Å². The number of aromatic nitrogens is 4. The van der Waals surface area contributed by atoms with E-state index in [0.29, 0.717) is 17.6 Å². The largest absolute Gasteiger partial charge is 0.445 e. The standard InChI is InChI=1S/C14H17N5O5/c1-2-3-23-14(22)18-12-11-13(16-6-15-12)19(7-17-11)10-4-8(21)9(5-20)24-10/h2,6-10,20-21H,1,3-5H2,(H,15,16,18,22)/t8?,9-,10-/m1/s1. The van der Waals surface area contributed by atoms with E-state index >= 15 is 0 Å². The highest BCUT2D eigenvalue weighted by atomic mass is 16.5. The third-order valence-corrected chi connectivity index (χ3v) is 3.61. The van der Waals surface area contributed by atoms with E-state index in [1.54, 1.807) is 4.57 Å². The van der Waals surface area contributed by atoms with Gasteiger partial charge in [0.1, 0.15) is 25.3 Å². The van der Waals surface area contributed by atoms with Gasteiger partial charge in [-0.15, -0.1) is 0 Å². The van der Waals surface area contributed by atoms with Gasteiger partial charge in [0.15, 0.2) is 17.0 Å². The summed E-state index contributed by atoms with van der Waals surface area (Å²) >= 11 is 0. The van der Waals surface area contributed by atoms with Gasteiger partial charge < -0.3 is 19.7 Å². The van der Waals surface area contributed by atoms with Crippen LogP contribution in [0.15, 0.2) is 25.3 Å². The van der Waals surface area contributed by atoms with Crippen LogP contribution >= 0.6 is 0 Å². The molecular formula is C14H17N5O5. The molecule has 0 aliphatic carbocycles. The van der Waals surface area contributed by atoms with Gasteiger partial charge in [-0.1, -0.05) is 12.7 Å². The van der Waals surface area contributed by atoms with Gasteiger partial charge in [0.25, 0.3) is 0 Å². The summed E-state index contributed by atoms with van der Waals surface area (Å²) in [6, 6.07) is 0. The predicted octanol–water partition coefficient (Wildman–Crippen LogP) is 0.201. The Bertz CT molecular complexity index is 748. The number of aliphatic hydroxyl groups excluding tert-OH is 2. The molecule has 1 unspecified atom stereocenters. The van der Waals surface area contributed by atoms with Crippen molar-refractivity contribution in [3.05, 3.63) is 25.3 Å². The van der Waals surface area contributed by atoms with Crippen molar-refractivity contribution in [2.75, 3.05) is 18.5 Å². The van der Waals surface area contributed by atoms with E-state index in [0.717, 1.165) is 0 Å². The first kappa shape index (κ1) is 16.3. The van der Waals surface area contributed by atoms with Crippen molar-refractivity contribution in [2.45, 2.75) is 24.9 Å². The van der Waals surface area contributed by atoms with E-state index in [2.05, 4.69) is 26.8 Å². The molecule has 2 aromatic heterocycles. The normalized spacial score (nSPS) is 23.3. The van der Waals surface area contributed by atoms with Crippen LogP contribution in [0.25, 0.3) is 11.2 Å². The molecule has 0 bridgehead atoms. The molecule has 1 aliphatic heterocycles. The Morgan fingerprint density at radius 3 is 3.08 bits per heavy atom. The molecular weight excluding hydrogens is 318 g/mol. The number of carbonyl (C=O) groups excluding carboxylic acids is 1. The maximum Gasteiger partial charge on any atom is 0.413 e. The zero-order valence-electron chi connectivity index (χ0n) is 12.7. The number of anilines is 1. The van der Waals surface area contributed by atoms with Crippen LogP contribution in [0.4, 0.5) is 10.6 Å². The Morgan fingerprint density at radius 1 is 1.54 bits per heavy atom. The van der Waals surface area contributed by atoms with E-state index in [4.69, 9.17) is 9.47 Å². The minimum atomic E-state index is -0.772. The number of ether oxygens (including phenoxy) is 2. The van der Waals surface area contributed by atoms with Crippen molar-refractivity contribution >= 4 is 23.1 Å². The summed E-state index contributed by atoms with van der Waals surface area (Å²) in [4.78, 5) is 24.0. The first-order valence-corrected chi connectivity index (χ1v) is 7.30. The summed E-state index contributed by atoms with van der Waals surface area (Å²) in [5.74, 6) is 0.199. The van der Waals surface area contributed by atoms with Crippen molar-refractivity contribution in [3.63, 3.8) is 0 Å². The molecule has 3 atom stereocenters. The first-order valence-electron chi connectivity index (χ1n) is 7.30. The first-order chi connectivity index (χ1) is 11.6. The van der Waals surface area contributed by atoms with Gasteiger partial charge in [0, 0.05) is 6.42 Å². The number of amides is 1. The lowest BCUT2D eigenvalue weighted by Crippen LogP contribution is -2.24. The Kier molecular flexibility index (Phi) is 4.69. The summed E-state index contributed by atoms with van der Waals surface area (Å²) in [5.41, 5.74) is 0.790. The summed E-state index contributed by atoms with van der Waals surface area (Å²) in [6.45, 7) is 3.26. The Balaban J connectivity index is 1.84. The predicted molar refractivity (Wildman–Crippen MR) is 82.1 cm³/mol. The van der Waals surface area contributed by atoms with Gasteiger partial charge in [0.2, 0.25) is 0 Å². The maximum atomic E-state index is 11.6. The van der Waals surface area contributed by atoms with Gasteiger partial charge in [0.05, 0.1) is 19.0 Å². The zero-order valence-corrected chi connectivity index (χ0v) is 12.7. The van der Waals surface area contributed by atoms with Crippen LogP contribution in [0.5, 0.6) is 0 Å². The summed E-state index contributed by atoms with van der Waals surface area (Å²) in [5, 5.41) is 21.5. The van der Waals surface area contributed by atoms with E-state index < -0.39 is 24.5 Å². The number of carbonyl (C=O) groups is 1. The molecule has 10 nitrogen and oxygen atoms in total. The van der Waals surface area contributed by atoms with E-state index in [1.165, 1.54) is 18.7 Å². The molecule has 0 aromatic carbocycles. The van der Waals surface area contributed by atoms with Crippen molar-refractivity contribution in [3.8, 4) is 0 Å². The van der Waals surface area contributed by atoms with Crippen LogP contribution in [0.3, 0.4) is 0 Å². The van der Waals surface area contributed by atoms with Crippen molar-refractivity contribution < 1.29 is 24.5 Å². The average molecular weight is 335 g/mol. The second kappa shape index (κ2) is 6.91. The minimum Gasteiger partial charge on any atom is -0.445 e. The van der Waals surface area contributed by atoms with Gasteiger partial charge in [-0.25, -0.2) is 19.7 Å². The maximum absolute atomic E-state index is 11.6. The average Bonchev–Trinajstić information content (AvgIpc) is 3.16. The molecule has 128 valence electrons. The number of nitrogens with zero attached hydrogens (tertiary/aromatic N) is 4. The number of nitrogens with one attached hydrogen (secondary N) is 1. The van der Waals surface area contributed by atoms with Gasteiger partial charge in [-0.2, -0.15) is 0 Å². The van der Waals surface area contributed by atoms with E-state index in [1.807, 2.05) is 0 Å². The fourth-order valence-electron chi connectivity index (χ4n) is 2.47. The van der Waals surface area contributed by atoms with Crippen molar-refractivity contribution in [1.29, 1.82) is 0 Å². The van der Waals surface area contributed by atoms with Gasteiger partial charge >= 0.3 is 6.09 Å². The Hall–Kier alpha value is -2.56. The van der Waals surface area contributed by atoms with Crippen LogP contribution in [-0.4, -0.2) is 61.2 Å². The van der Waals surface area contributed by atoms with Crippen LogP contribution < -0.4 is 5.32 Å². The quantitative estimate of drug-likeness (QED) is 0.660. The Morgan fingerprint density at radius 2 is 2.38 bits per heavy atom. The molecule has 0 saturated carbocycles. The monoisotopic (exact) mass is 335 g/mol. The lowest BCUT2D eigenvalue weighted by molar-refractivity contribution is -0.0432. The molecule has 0 radical (unpaired) electrons. The van der Waals surface area contributed by atoms with Crippen LogP contribution in [0.2, 0.25) is 0 Å². The molecule has 1 aliphatic rings. The minimum absolute atomic E-state index is 0.0743. The molecule has 1 saturated heterocycles. The van der Waals surface area contributed by atoms with Crippen LogP contribution in [0.1, 0.15) is 12.6 Å². The molecule has 3 N–H and O–H groups in total. The van der Waals surface area contributed by atoms with Gasteiger partial charge in [-0.05, 0) is 0 Å². The third-order valence-electron chi connectivity index (χ3n) is 3.61. The SMILES string of the molecule is C=CCOC(=O)Nc1ncnc2c1ncn2[C@H]1CC(O)[C@@H](CO)O1. The molecule has 2 aromatic rings. The van der Waals surface area contributed by atoms with Crippen molar-refractivity contribution in [2.24, 2.45) is 0 Å². The highest BCUT2D eigenvalue weighted by Gasteiger charge is 2.35.